The van der Waals surface area contributed by atoms with Gasteiger partial charge in [-0.05, 0) is 19.4 Å². The molecule has 0 aromatic carbocycles. The summed E-state index contributed by atoms with van der Waals surface area (Å²) < 4.78 is 11.4. The topological polar surface area (TPSA) is 73.3 Å². The first-order valence-electron chi connectivity index (χ1n) is 8.48. The number of hydrogen-bond acceptors (Lipinski definition) is 6. The maximum absolute atomic E-state index is 12.7. The van der Waals surface area contributed by atoms with E-state index in [-0.39, 0.29) is 18.1 Å². The molecule has 1 N–H and O–H groups in total. The Morgan fingerprint density at radius 2 is 2.28 bits per heavy atom. The number of nitrogens with one attached hydrogen (secondary N) is 1. The lowest BCUT2D eigenvalue weighted by Gasteiger charge is -2.31. The number of ether oxygens (including phenoxy) is 2. The Morgan fingerprint density at radius 1 is 1.44 bits per heavy atom. The lowest BCUT2D eigenvalue weighted by atomic mass is 10.1. The lowest BCUT2D eigenvalue weighted by Crippen LogP contribution is -2.51. The zero-order chi connectivity index (χ0) is 17.8. The molecule has 0 unspecified atom stereocenters. The number of aryl methyl sites for hydroxylation is 1. The van der Waals surface area contributed by atoms with Crippen LogP contribution in [-0.2, 0) is 4.74 Å². The number of thiazole rings is 1. The van der Waals surface area contributed by atoms with Crippen LogP contribution in [0.5, 0.6) is 5.88 Å². The number of nitrogens with zero attached hydrogens (tertiary/aromatic N) is 2. The van der Waals surface area contributed by atoms with Crippen molar-refractivity contribution in [1.82, 2.24) is 15.3 Å². The minimum absolute atomic E-state index is 0.0941. The van der Waals surface area contributed by atoms with E-state index in [0.29, 0.717) is 36.3 Å². The number of pyridine rings is 1. The summed E-state index contributed by atoms with van der Waals surface area (Å²) in [5, 5.41) is 4.08. The predicted molar refractivity (Wildman–Crippen MR) is 96.3 cm³/mol. The molecular weight excluding hydrogens is 338 g/mol. The zero-order valence-electron chi connectivity index (χ0n) is 14.7. The highest BCUT2D eigenvalue weighted by Crippen LogP contribution is 2.25. The van der Waals surface area contributed by atoms with Gasteiger partial charge in [-0.2, -0.15) is 0 Å². The van der Waals surface area contributed by atoms with Gasteiger partial charge in [0.2, 0.25) is 5.88 Å². The number of carbonyl (C=O) groups is 1. The molecule has 7 heteroatoms. The number of rotatable bonds is 5. The number of aromatic nitrogens is 2. The second kappa shape index (κ2) is 7.93. The molecule has 3 rings (SSSR count). The molecule has 1 amide bonds. The van der Waals surface area contributed by atoms with Gasteiger partial charge < -0.3 is 14.8 Å². The molecule has 1 aliphatic heterocycles. The van der Waals surface area contributed by atoms with E-state index >= 15 is 0 Å². The Morgan fingerprint density at radius 3 is 2.96 bits per heavy atom. The van der Waals surface area contributed by atoms with E-state index < -0.39 is 0 Å². The van der Waals surface area contributed by atoms with Crippen LogP contribution in [0.1, 0.15) is 46.6 Å². The van der Waals surface area contributed by atoms with E-state index in [9.17, 15) is 4.79 Å². The SMILES string of the molecule is Cc1nc(C(C)C)sc1C(=O)N[C@@H]1CCOC[C@H]1Oc1ccccn1. The molecule has 6 nitrogen and oxygen atoms in total. The van der Waals surface area contributed by atoms with E-state index in [1.165, 1.54) is 11.3 Å². The van der Waals surface area contributed by atoms with Crippen LogP contribution in [0, 0.1) is 6.92 Å². The van der Waals surface area contributed by atoms with Crippen molar-refractivity contribution in [3.8, 4) is 5.88 Å². The highest BCUT2D eigenvalue weighted by molar-refractivity contribution is 7.13. The summed E-state index contributed by atoms with van der Waals surface area (Å²) in [6, 6.07) is 5.39. The molecule has 134 valence electrons. The molecule has 2 atom stereocenters. The van der Waals surface area contributed by atoms with Gasteiger partial charge in [0.25, 0.3) is 5.91 Å². The Hall–Kier alpha value is -1.99. The third-order valence-electron chi connectivity index (χ3n) is 4.04. The molecular formula is C18H23N3O3S. The molecule has 25 heavy (non-hydrogen) atoms. The van der Waals surface area contributed by atoms with Gasteiger partial charge in [-0.25, -0.2) is 9.97 Å². The third-order valence-corrected chi connectivity index (χ3v) is 5.50. The average molecular weight is 361 g/mol. The summed E-state index contributed by atoms with van der Waals surface area (Å²) >= 11 is 1.46. The molecule has 0 bridgehead atoms. The Bertz CT molecular complexity index is 718. The van der Waals surface area contributed by atoms with Gasteiger partial charge in [0.15, 0.2) is 0 Å². The van der Waals surface area contributed by atoms with Gasteiger partial charge in [-0.1, -0.05) is 19.9 Å². The number of carbonyl (C=O) groups excluding carboxylic acids is 1. The van der Waals surface area contributed by atoms with Gasteiger partial charge in [-0.3, -0.25) is 4.79 Å². The van der Waals surface area contributed by atoms with Crippen LogP contribution in [0.15, 0.2) is 24.4 Å². The summed E-state index contributed by atoms with van der Waals surface area (Å²) in [5.74, 6) is 0.755. The summed E-state index contributed by atoms with van der Waals surface area (Å²) in [6.07, 6.45) is 2.13. The largest absolute Gasteiger partial charge is 0.470 e. The van der Waals surface area contributed by atoms with E-state index in [1.54, 1.807) is 12.3 Å². The smallest absolute Gasteiger partial charge is 0.263 e. The third kappa shape index (κ3) is 4.35. The summed E-state index contributed by atoms with van der Waals surface area (Å²) in [7, 11) is 0. The normalized spacial score (nSPS) is 20.5. The summed E-state index contributed by atoms with van der Waals surface area (Å²) in [4.78, 5) is 22.1. The van der Waals surface area contributed by atoms with Crippen LogP contribution in [0.3, 0.4) is 0 Å². The molecule has 1 fully saturated rings. The van der Waals surface area contributed by atoms with Crippen molar-refractivity contribution in [2.75, 3.05) is 13.2 Å². The first kappa shape index (κ1) is 17.8. The molecule has 0 spiro atoms. The molecule has 2 aromatic rings. The van der Waals surface area contributed by atoms with E-state index in [2.05, 4.69) is 29.1 Å². The molecule has 1 aliphatic rings. The molecule has 3 heterocycles. The van der Waals surface area contributed by atoms with Crippen molar-refractivity contribution >= 4 is 17.2 Å². The molecule has 0 saturated carbocycles. The maximum atomic E-state index is 12.7. The first-order chi connectivity index (χ1) is 12.0. The lowest BCUT2D eigenvalue weighted by molar-refractivity contribution is -0.0152. The Labute approximate surface area is 151 Å². The second-order valence-electron chi connectivity index (χ2n) is 6.39. The fourth-order valence-corrected chi connectivity index (χ4v) is 3.65. The molecule has 0 aliphatic carbocycles. The molecule has 0 radical (unpaired) electrons. The van der Waals surface area contributed by atoms with Crippen molar-refractivity contribution in [1.29, 1.82) is 0 Å². The van der Waals surface area contributed by atoms with Crippen LogP contribution < -0.4 is 10.1 Å². The number of amides is 1. The zero-order valence-corrected chi connectivity index (χ0v) is 15.5. The van der Waals surface area contributed by atoms with E-state index in [0.717, 1.165) is 10.7 Å². The quantitative estimate of drug-likeness (QED) is 0.886. The Balaban J connectivity index is 1.70. The van der Waals surface area contributed by atoms with Crippen LogP contribution in [-0.4, -0.2) is 41.2 Å². The van der Waals surface area contributed by atoms with Crippen molar-refractivity contribution in [2.45, 2.75) is 45.3 Å². The minimum Gasteiger partial charge on any atom is -0.470 e. The fourth-order valence-electron chi connectivity index (χ4n) is 2.67. The van der Waals surface area contributed by atoms with Crippen molar-refractivity contribution in [3.63, 3.8) is 0 Å². The molecule has 1 saturated heterocycles. The van der Waals surface area contributed by atoms with E-state index in [1.807, 2.05) is 19.1 Å². The average Bonchev–Trinajstić information content (AvgIpc) is 3.00. The van der Waals surface area contributed by atoms with Gasteiger partial charge >= 0.3 is 0 Å². The highest BCUT2D eigenvalue weighted by atomic mass is 32.1. The standard InChI is InChI=1S/C18H23N3O3S/c1-11(2)18-20-12(3)16(25-18)17(22)21-13-7-9-23-10-14(13)24-15-6-4-5-8-19-15/h4-6,8,11,13-14H,7,9-10H2,1-3H3,(H,21,22)/t13-,14-/m1/s1. The van der Waals surface area contributed by atoms with Crippen LogP contribution in [0.25, 0.3) is 0 Å². The monoisotopic (exact) mass is 361 g/mol. The fraction of sp³-hybridized carbons (Fsp3) is 0.500. The summed E-state index contributed by atoms with van der Waals surface area (Å²) in [5.41, 5.74) is 0.778. The maximum Gasteiger partial charge on any atom is 0.263 e. The van der Waals surface area contributed by atoms with Crippen LogP contribution in [0.4, 0.5) is 0 Å². The van der Waals surface area contributed by atoms with Gasteiger partial charge in [0, 0.05) is 24.8 Å². The first-order valence-corrected chi connectivity index (χ1v) is 9.30. The minimum atomic E-state index is -0.259. The van der Waals surface area contributed by atoms with Gasteiger partial charge in [0.1, 0.15) is 11.0 Å². The highest BCUT2D eigenvalue weighted by Gasteiger charge is 2.30. The van der Waals surface area contributed by atoms with Crippen molar-refractivity contribution in [2.24, 2.45) is 0 Å². The van der Waals surface area contributed by atoms with Gasteiger partial charge in [0.05, 0.1) is 23.4 Å². The van der Waals surface area contributed by atoms with Crippen LogP contribution >= 0.6 is 11.3 Å². The Kier molecular flexibility index (Phi) is 5.65. The molecule has 2 aromatic heterocycles. The van der Waals surface area contributed by atoms with Crippen molar-refractivity contribution < 1.29 is 14.3 Å². The summed E-state index contributed by atoms with van der Waals surface area (Å²) in [6.45, 7) is 7.07. The van der Waals surface area contributed by atoms with Gasteiger partial charge in [-0.15, -0.1) is 11.3 Å². The predicted octanol–water partition coefficient (Wildman–Crippen LogP) is 2.94. The number of hydrogen-bond donors (Lipinski definition) is 1. The van der Waals surface area contributed by atoms with Crippen LogP contribution in [0.2, 0.25) is 0 Å². The van der Waals surface area contributed by atoms with E-state index in [4.69, 9.17) is 9.47 Å². The second-order valence-corrected chi connectivity index (χ2v) is 7.42. The van der Waals surface area contributed by atoms with Crippen molar-refractivity contribution in [3.05, 3.63) is 40.0 Å².